The van der Waals surface area contributed by atoms with Crippen LogP contribution in [0.5, 0.6) is 0 Å². The average Bonchev–Trinajstić information content (AvgIpc) is 2.81. The Kier molecular flexibility index (Phi) is 5.10. The van der Waals surface area contributed by atoms with E-state index >= 15 is 0 Å². The molecular weight excluding hydrogens is 260 g/mol. The van der Waals surface area contributed by atoms with E-state index in [1.54, 1.807) is 6.26 Å². The van der Waals surface area contributed by atoms with E-state index in [2.05, 4.69) is 10.6 Å². The summed E-state index contributed by atoms with van der Waals surface area (Å²) in [6.45, 7) is 1.01. The summed E-state index contributed by atoms with van der Waals surface area (Å²) in [6, 6.07) is 7.87. The second-order valence-corrected chi connectivity index (χ2v) is 6.40. The summed E-state index contributed by atoms with van der Waals surface area (Å²) < 4.78 is 11.2. The summed E-state index contributed by atoms with van der Waals surface area (Å²) in [5.74, 6) is 0.558. The van der Waals surface area contributed by atoms with Gasteiger partial charge in [-0.15, -0.1) is 0 Å². The van der Waals surface area contributed by atoms with Crippen LogP contribution < -0.4 is 10.6 Å². The highest BCUT2D eigenvalue weighted by Gasteiger charge is 2.17. The number of hydrogen-bond donors (Lipinski definition) is 2. The van der Waals surface area contributed by atoms with Gasteiger partial charge in [-0.1, -0.05) is 12.1 Å². The zero-order valence-electron chi connectivity index (χ0n) is 11.1. The van der Waals surface area contributed by atoms with Crippen LogP contribution in [0.1, 0.15) is 24.8 Å². The molecule has 1 aromatic carbocycles. The van der Waals surface area contributed by atoms with E-state index < -0.39 is 10.8 Å². The zero-order valence-corrected chi connectivity index (χ0v) is 12.0. The van der Waals surface area contributed by atoms with Crippen molar-refractivity contribution in [1.29, 1.82) is 0 Å². The van der Waals surface area contributed by atoms with E-state index in [4.69, 9.17) is 0 Å². The Morgan fingerprint density at radius 2 is 2.37 bits per heavy atom. The van der Waals surface area contributed by atoms with Gasteiger partial charge in [0.05, 0.1) is 0 Å². The van der Waals surface area contributed by atoms with Gasteiger partial charge in [-0.05, 0) is 37.1 Å². The smallest absolute Gasteiger partial charge is 0.225 e. The molecule has 1 aliphatic heterocycles. The largest absolute Gasteiger partial charge is 0.326 e. The van der Waals surface area contributed by atoms with Crippen molar-refractivity contribution in [3.8, 4) is 0 Å². The molecule has 5 heteroatoms. The highest BCUT2D eigenvalue weighted by molar-refractivity contribution is 7.83. The summed E-state index contributed by atoms with van der Waals surface area (Å²) in [5, 5.41) is 6.21. The number of nitrogens with one attached hydrogen (secondary N) is 2. The number of hydrogen-bond acceptors (Lipinski definition) is 3. The van der Waals surface area contributed by atoms with E-state index in [-0.39, 0.29) is 5.91 Å². The third-order valence-corrected chi connectivity index (χ3v) is 3.91. The van der Waals surface area contributed by atoms with Crippen molar-refractivity contribution in [1.82, 2.24) is 5.32 Å². The van der Waals surface area contributed by atoms with Crippen molar-refractivity contribution in [2.24, 2.45) is 0 Å². The minimum Gasteiger partial charge on any atom is -0.326 e. The Balaban J connectivity index is 1.90. The summed E-state index contributed by atoms with van der Waals surface area (Å²) in [5.41, 5.74) is 1.77. The van der Waals surface area contributed by atoms with Crippen molar-refractivity contribution < 1.29 is 9.00 Å². The van der Waals surface area contributed by atoms with Crippen LogP contribution in [-0.2, 0) is 21.3 Å². The van der Waals surface area contributed by atoms with Crippen LogP contribution in [0.4, 0.5) is 5.69 Å². The quantitative estimate of drug-likeness (QED) is 0.862. The van der Waals surface area contributed by atoms with E-state index in [1.807, 2.05) is 24.3 Å². The summed E-state index contributed by atoms with van der Waals surface area (Å²) in [7, 11) is -0.864. The molecule has 0 radical (unpaired) electrons. The Labute approximate surface area is 116 Å². The van der Waals surface area contributed by atoms with Gasteiger partial charge in [0, 0.05) is 41.0 Å². The SMILES string of the molecule is CS(=O)Cc1cccc(NC(=O)CC2CCCN2)c1. The van der Waals surface area contributed by atoms with Gasteiger partial charge in [-0.25, -0.2) is 0 Å². The molecule has 0 saturated carbocycles. The van der Waals surface area contributed by atoms with E-state index in [0.717, 1.165) is 30.6 Å². The molecule has 19 heavy (non-hydrogen) atoms. The van der Waals surface area contributed by atoms with Crippen molar-refractivity contribution in [3.05, 3.63) is 29.8 Å². The third-order valence-electron chi connectivity index (χ3n) is 3.17. The molecule has 1 aromatic rings. The van der Waals surface area contributed by atoms with Gasteiger partial charge in [0.2, 0.25) is 5.91 Å². The Morgan fingerprint density at radius 1 is 1.53 bits per heavy atom. The van der Waals surface area contributed by atoms with Gasteiger partial charge in [0.25, 0.3) is 0 Å². The fraction of sp³-hybridized carbons (Fsp3) is 0.500. The van der Waals surface area contributed by atoms with Gasteiger partial charge >= 0.3 is 0 Å². The standard InChI is InChI=1S/C14H20N2O2S/c1-19(18)10-11-4-2-5-13(8-11)16-14(17)9-12-6-3-7-15-12/h2,4-5,8,12,15H,3,6-7,9-10H2,1H3,(H,16,17). The van der Waals surface area contributed by atoms with E-state index in [1.165, 1.54) is 0 Å². The lowest BCUT2D eigenvalue weighted by molar-refractivity contribution is -0.116. The minimum absolute atomic E-state index is 0.0363. The van der Waals surface area contributed by atoms with Crippen molar-refractivity contribution in [2.45, 2.75) is 31.1 Å². The monoisotopic (exact) mass is 280 g/mol. The molecule has 2 unspecified atom stereocenters. The molecule has 0 bridgehead atoms. The number of carbonyl (C=O) groups is 1. The highest BCUT2D eigenvalue weighted by Crippen LogP contribution is 2.14. The molecule has 1 heterocycles. The highest BCUT2D eigenvalue weighted by atomic mass is 32.2. The summed E-state index contributed by atoms with van der Waals surface area (Å²) in [4.78, 5) is 11.9. The number of carbonyl (C=O) groups excluding carboxylic acids is 1. The van der Waals surface area contributed by atoms with Crippen LogP contribution in [0.3, 0.4) is 0 Å². The molecule has 1 amide bonds. The third kappa shape index (κ3) is 4.76. The Bertz CT molecular complexity index is 470. The lowest BCUT2D eigenvalue weighted by atomic mass is 10.1. The van der Waals surface area contributed by atoms with Gasteiger partial charge in [0.1, 0.15) is 0 Å². The summed E-state index contributed by atoms with van der Waals surface area (Å²) in [6.07, 6.45) is 4.42. The zero-order chi connectivity index (χ0) is 13.7. The lowest BCUT2D eigenvalue weighted by Gasteiger charge is -2.11. The maximum absolute atomic E-state index is 11.9. The first-order valence-electron chi connectivity index (χ1n) is 6.55. The molecule has 2 N–H and O–H groups in total. The van der Waals surface area contributed by atoms with Crippen LogP contribution in [-0.4, -0.2) is 29.0 Å². The van der Waals surface area contributed by atoms with Crippen LogP contribution in [0.25, 0.3) is 0 Å². The van der Waals surface area contributed by atoms with Gasteiger partial charge in [-0.2, -0.15) is 0 Å². The predicted octanol–water partition coefficient (Wildman–Crippen LogP) is 1.65. The number of anilines is 1. The number of amides is 1. The molecule has 4 nitrogen and oxygen atoms in total. The van der Waals surface area contributed by atoms with Gasteiger partial charge < -0.3 is 10.6 Å². The van der Waals surface area contributed by atoms with Crippen LogP contribution in [0, 0.1) is 0 Å². The average molecular weight is 280 g/mol. The Morgan fingerprint density at radius 3 is 3.05 bits per heavy atom. The van der Waals surface area contributed by atoms with Gasteiger partial charge in [0.15, 0.2) is 0 Å². The maximum Gasteiger partial charge on any atom is 0.225 e. The van der Waals surface area contributed by atoms with Crippen LogP contribution in [0.2, 0.25) is 0 Å². The number of rotatable bonds is 5. The first-order valence-corrected chi connectivity index (χ1v) is 8.28. The first-order chi connectivity index (χ1) is 9.13. The molecular formula is C14H20N2O2S. The van der Waals surface area contributed by atoms with Crippen LogP contribution >= 0.6 is 0 Å². The van der Waals surface area contributed by atoms with Crippen molar-refractivity contribution in [3.63, 3.8) is 0 Å². The second-order valence-electron chi connectivity index (χ2n) is 4.96. The predicted molar refractivity (Wildman–Crippen MR) is 78.5 cm³/mol. The molecule has 1 saturated heterocycles. The molecule has 0 spiro atoms. The fourth-order valence-corrected chi connectivity index (χ4v) is 2.99. The molecule has 1 aliphatic rings. The van der Waals surface area contributed by atoms with E-state index in [0.29, 0.717) is 18.2 Å². The topological polar surface area (TPSA) is 58.2 Å². The Hall–Kier alpha value is -1.20. The van der Waals surface area contributed by atoms with Crippen molar-refractivity contribution in [2.75, 3.05) is 18.1 Å². The molecule has 2 rings (SSSR count). The first kappa shape index (κ1) is 14.2. The molecule has 0 aliphatic carbocycles. The van der Waals surface area contributed by atoms with Crippen LogP contribution in [0.15, 0.2) is 24.3 Å². The maximum atomic E-state index is 11.9. The molecule has 0 aromatic heterocycles. The van der Waals surface area contributed by atoms with Crippen molar-refractivity contribution >= 4 is 22.4 Å². The fourth-order valence-electron chi connectivity index (χ4n) is 2.34. The second kappa shape index (κ2) is 6.82. The minimum atomic E-state index is -0.864. The number of benzene rings is 1. The summed E-state index contributed by atoms with van der Waals surface area (Å²) >= 11 is 0. The van der Waals surface area contributed by atoms with Gasteiger partial charge in [-0.3, -0.25) is 9.00 Å². The molecule has 2 atom stereocenters. The van der Waals surface area contributed by atoms with E-state index in [9.17, 15) is 9.00 Å². The normalized spacial score (nSPS) is 20.2. The molecule has 104 valence electrons. The lowest BCUT2D eigenvalue weighted by Crippen LogP contribution is -2.27. The molecule has 1 fully saturated rings.